The first kappa shape index (κ1) is 13.1. The highest BCUT2D eigenvalue weighted by Crippen LogP contribution is 2.20. The molecule has 0 heterocycles. The van der Waals surface area contributed by atoms with Gasteiger partial charge in [0.15, 0.2) is 6.10 Å². The number of carbonyl (C=O) groups excluding carboxylic acids is 1. The van der Waals surface area contributed by atoms with Crippen LogP contribution in [0.15, 0.2) is 24.3 Å². The highest BCUT2D eigenvalue weighted by molar-refractivity contribution is 5.75. The Morgan fingerprint density at radius 3 is 2.29 bits per heavy atom. The molecule has 1 aromatic carbocycles. The number of hydrogen-bond donors (Lipinski definition) is 2. The summed E-state index contributed by atoms with van der Waals surface area (Å²) in [5.74, 6) is -0.976. The van der Waals surface area contributed by atoms with Gasteiger partial charge in [-0.05, 0) is 17.7 Å². The predicted molar refractivity (Wildman–Crippen MR) is 56.1 cm³/mol. The van der Waals surface area contributed by atoms with Gasteiger partial charge in [0, 0.05) is 12.1 Å². The molecule has 7 heteroatoms. The molecule has 0 radical (unpaired) electrons. The number of carbonyl (C=O) groups is 1. The largest absolute Gasteiger partial charge is 0.467 e. The first-order chi connectivity index (χ1) is 7.97. The zero-order valence-corrected chi connectivity index (χ0v) is 8.94. The number of non-ortho nitro benzene ring substituents is 1. The van der Waals surface area contributed by atoms with Crippen LogP contribution in [0.25, 0.3) is 0 Å². The summed E-state index contributed by atoms with van der Waals surface area (Å²) >= 11 is 0. The monoisotopic (exact) mass is 241 g/mol. The van der Waals surface area contributed by atoms with E-state index in [0.717, 1.165) is 7.11 Å². The molecule has 1 rings (SSSR count). The molecule has 0 spiro atoms. The Morgan fingerprint density at radius 2 is 1.88 bits per heavy atom. The molecule has 0 fully saturated rings. The van der Waals surface area contributed by atoms with Gasteiger partial charge >= 0.3 is 5.97 Å². The van der Waals surface area contributed by atoms with Gasteiger partial charge in [0.2, 0.25) is 0 Å². The van der Waals surface area contributed by atoms with Gasteiger partial charge in [-0.3, -0.25) is 10.1 Å². The number of benzene rings is 1. The van der Waals surface area contributed by atoms with Gasteiger partial charge in [-0.1, -0.05) is 0 Å². The summed E-state index contributed by atoms with van der Waals surface area (Å²) in [6, 6.07) is 4.86. The van der Waals surface area contributed by atoms with E-state index in [2.05, 4.69) is 4.74 Å². The number of esters is 1. The van der Waals surface area contributed by atoms with Crippen LogP contribution in [-0.4, -0.2) is 34.3 Å². The third kappa shape index (κ3) is 2.99. The van der Waals surface area contributed by atoms with Crippen LogP contribution < -0.4 is 0 Å². The van der Waals surface area contributed by atoms with Crippen molar-refractivity contribution in [1.29, 1.82) is 0 Å². The van der Waals surface area contributed by atoms with Gasteiger partial charge in [0.1, 0.15) is 6.10 Å². The van der Waals surface area contributed by atoms with Crippen LogP contribution in [0, 0.1) is 10.1 Å². The molecular formula is C10H11NO6. The lowest BCUT2D eigenvalue weighted by Crippen LogP contribution is -2.28. The number of rotatable bonds is 4. The van der Waals surface area contributed by atoms with E-state index in [0.29, 0.717) is 0 Å². The maximum absolute atomic E-state index is 11.0. The minimum absolute atomic E-state index is 0.145. The topological polar surface area (TPSA) is 110 Å². The Hall–Kier alpha value is -1.99. The van der Waals surface area contributed by atoms with E-state index in [1.54, 1.807) is 0 Å². The molecule has 0 aliphatic carbocycles. The molecule has 2 atom stereocenters. The lowest BCUT2D eigenvalue weighted by atomic mass is 10.0. The number of nitrogens with zero attached hydrogens (tertiary/aromatic N) is 1. The number of nitro benzene ring substituents is 1. The van der Waals surface area contributed by atoms with Gasteiger partial charge in [-0.15, -0.1) is 0 Å². The van der Waals surface area contributed by atoms with Crippen molar-refractivity contribution in [2.45, 2.75) is 12.2 Å². The van der Waals surface area contributed by atoms with Crippen LogP contribution in [0.5, 0.6) is 0 Å². The lowest BCUT2D eigenvalue weighted by Gasteiger charge is -2.15. The van der Waals surface area contributed by atoms with E-state index in [-0.39, 0.29) is 11.3 Å². The lowest BCUT2D eigenvalue weighted by molar-refractivity contribution is -0.384. The summed E-state index contributed by atoms with van der Waals surface area (Å²) in [6.07, 6.45) is -3.20. The summed E-state index contributed by atoms with van der Waals surface area (Å²) in [5, 5.41) is 29.3. The molecule has 1 aromatic rings. The summed E-state index contributed by atoms with van der Waals surface area (Å²) in [7, 11) is 1.08. The van der Waals surface area contributed by atoms with Gasteiger partial charge in [0.05, 0.1) is 12.0 Å². The van der Waals surface area contributed by atoms with Crippen molar-refractivity contribution in [2.24, 2.45) is 0 Å². The molecule has 2 N–H and O–H groups in total. The van der Waals surface area contributed by atoms with Crippen molar-refractivity contribution in [3.05, 3.63) is 39.9 Å². The summed E-state index contributed by atoms with van der Waals surface area (Å²) < 4.78 is 4.26. The number of aliphatic hydroxyl groups is 2. The number of ether oxygens (including phenoxy) is 1. The standard InChI is InChI=1S/C10H11NO6/c1-17-10(14)9(13)8(12)6-2-4-7(5-3-6)11(15)16/h2-5,8-9,12-13H,1H3/t8-,9+/m0/s1. The molecule has 92 valence electrons. The van der Waals surface area contributed by atoms with Crippen LogP contribution in [-0.2, 0) is 9.53 Å². The fraction of sp³-hybridized carbons (Fsp3) is 0.300. The van der Waals surface area contributed by atoms with Crippen LogP contribution >= 0.6 is 0 Å². The first-order valence-electron chi connectivity index (χ1n) is 4.65. The van der Waals surface area contributed by atoms with Crippen LogP contribution in [0.4, 0.5) is 5.69 Å². The summed E-state index contributed by atoms with van der Waals surface area (Å²) in [6.45, 7) is 0. The second-order valence-corrected chi connectivity index (χ2v) is 3.26. The zero-order chi connectivity index (χ0) is 13.0. The van der Waals surface area contributed by atoms with Crippen LogP contribution in [0.2, 0.25) is 0 Å². The Bertz CT molecular complexity index is 415. The first-order valence-corrected chi connectivity index (χ1v) is 4.65. The maximum atomic E-state index is 11.0. The van der Waals surface area contributed by atoms with Crippen molar-refractivity contribution in [2.75, 3.05) is 7.11 Å². The smallest absolute Gasteiger partial charge is 0.337 e. The highest BCUT2D eigenvalue weighted by atomic mass is 16.6. The minimum atomic E-state index is -1.72. The van der Waals surface area contributed by atoms with E-state index < -0.39 is 23.1 Å². The van der Waals surface area contributed by atoms with Gasteiger partial charge < -0.3 is 14.9 Å². The average molecular weight is 241 g/mol. The number of nitro groups is 1. The third-order valence-corrected chi connectivity index (χ3v) is 2.19. The number of aliphatic hydroxyl groups excluding tert-OH is 2. The number of methoxy groups -OCH3 is 1. The minimum Gasteiger partial charge on any atom is -0.467 e. The zero-order valence-electron chi connectivity index (χ0n) is 8.94. The molecule has 0 amide bonds. The van der Waals surface area contributed by atoms with Crippen molar-refractivity contribution < 1.29 is 24.7 Å². The van der Waals surface area contributed by atoms with Gasteiger partial charge in [0.25, 0.3) is 5.69 Å². The fourth-order valence-electron chi connectivity index (χ4n) is 1.23. The Labute approximate surface area is 96.4 Å². The van der Waals surface area contributed by atoms with Crippen molar-refractivity contribution in [3.8, 4) is 0 Å². The molecule has 0 aromatic heterocycles. The van der Waals surface area contributed by atoms with Crippen molar-refractivity contribution >= 4 is 11.7 Å². The average Bonchev–Trinajstić information content (AvgIpc) is 2.36. The molecule has 0 saturated heterocycles. The summed E-state index contributed by atoms with van der Waals surface area (Å²) in [5.41, 5.74) is 0.0435. The Balaban J connectivity index is 2.86. The van der Waals surface area contributed by atoms with Crippen molar-refractivity contribution in [1.82, 2.24) is 0 Å². The molecule has 0 aliphatic heterocycles. The van der Waals surface area contributed by atoms with Crippen LogP contribution in [0.3, 0.4) is 0 Å². The Kier molecular flexibility index (Phi) is 4.13. The second kappa shape index (κ2) is 5.37. The molecule has 17 heavy (non-hydrogen) atoms. The van der Waals surface area contributed by atoms with Crippen molar-refractivity contribution in [3.63, 3.8) is 0 Å². The Morgan fingerprint density at radius 1 is 1.35 bits per heavy atom. The van der Waals surface area contributed by atoms with Gasteiger partial charge in [-0.2, -0.15) is 0 Å². The van der Waals surface area contributed by atoms with E-state index in [4.69, 9.17) is 0 Å². The third-order valence-electron chi connectivity index (χ3n) is 2.19. The molecule has 0 bridgehead atoms. The highest BCUT2D eigenvalue weighted by Gasteiger charge is 2.26. The summed E-state index contributed by atoms with van der Waals surface area (Å²) in [4.78, 5) is 20.8. The maximum Gasteiger partial charge on any atom is 0.337 e. The quantitative estimate of drug-likeness (QED) is 0.441. The van der Waals surface area contributed by atoms with E-state index in [9.17, 15) is 25.1 Å². The second-order valence-electron chi connectivity index (χ2n) is 3.26. The SMILES string of the molecule is COC(=O)[C@H](O)[C@@H](O)c1ccc([N+](=O)[O-])cc1. The van der Waals surface area contributed by atoms with Gasteiger partial charge in [-0.25, -0.2) is 4.79 Å². The van der Waals surface area contributed by atoms with E-state index in [1.165, 1.54) is 24.3 Å². The molecular weight excluding hydrogens is 230 g/mol. The molecule has 0 unspecified atom stereocenters. The fourth-order valence-corrected chi connectivity index (χ4v) is 1.23. The molecule has 0 aliphatic rings. The van der Waals surface area contributed by atoms with E-state index >= 15 is 0 Å². The van der Waals surface area contributed by atoms with E-state index in [1.807, 2.05) is 0 Å². The predicted octanol–water partition coefficient (Wildman–Crippen LogP) is 0.162. The number of hydrogen-bond acceptors (Lipinski definition) is 6. The normalized spacial score (nSPS) is 13.8. The van der Waals surface area contributed by atoms with Crippen LogP contribution in [0.1, 0.15) is 11.7 Å². The molecule has 0 saturated carbocycles. The molecule has 7 nitrogen and oxygen atoms in total.